The summed E-state index contributed by atoms with van der Waals surface area (Å²) in [4.78, 5) is 24.8. The second kappa shape index (κ2) is 9.19. The van der Waals surface area contributed by atoms with Crippen LogP contribution in [0.4, 0.5) is 5.69 Å². The molecule has 1 atom stereocenters. The van der Waals surface area contributed by atoms with Gasteiger partial charge in [-0.25, -0.2) is 8.42 Å². The quantitative estimate of drug-likeness (QED) is 0.754. The van der Waals surface area contributed by atoms with Crippen LogP contribution in [-0.2, 0) is 26.0 Å². The number of carbonyl (C=O) groups excluding carboxylic acids is 2. The Bertz CT molecular complexity index is 976. The van der Waals surface area contributed by atoms with Crippen molar-refractivity contribution in [1.29, 1.82) is 0 Å². The van der Waals surface area contributed by atoms with Gasteiger partial charge in [0.15, 0.2) is 0 Å². The smallest absolute Gasteiger partial charge is 0.243 e. The van der Waals surface area contributed by atoms with E-state index in [0.29, 0.717) is 30.6 Å². The summed E-state index contributed by atoms with van der Waals surface area (Å²) in [5, 5.41) is 5.45. The van der Waals surface area contributed by atoms with Crippen molar-refractivity contribution in [1.82, 2.24) is 9.62 Å². The minimum absolute atomic E-state index is 0.140. The van der Waals surface area contributed by atoms with Crippen LogP contribution in [0.15, 0.2) is 59.5 Å². The van der Waals surface area contributed by atoms with Crippen LogP contribution in [-0.4, -0.2) is 44.7 Å². The van der Waals surface area contributed by atoms with Gasteiger partial charge in [0, 0.05) is 25.8 Å². The first-order valence-corrected chi connectivity index (χ1v) is 11.0. The molecule has 0 saturated carbocycles. The molecule has 0 spiro atoms. The van der Waals surface area contributed by atoms with Crippen LogP contribution in [0.25, 0.3) is 0 Å². The topological polar surface area (TPSA) is 95.6 Å². The van der Waals surface area contributed by atoms with Crippen LogP contribution >= 0.6 is 0 Å². The number of sulfonamides is 1. The number of nitrogens with one attached hydrogen (secondary N) is 2. The Morgan fingerprint density at radius 3 is 2.48 bits per heavy atom. The highest BCUT2D eigenvalue weighted by Gasteiger charge is 2.33. The maximum atomic E-state index is 12.9. The van der Waals surface area contributed by atoms with Crippen molar-refractivity contribution < 1.29 is 18.0 Å². The van der Waals surface area contributed by atoms with Crippen LogP contribution < -0.4 is 10.6 Å². The molecule has 29 heavy (non-hydrogen) atoms. The van der Waals surface area contributed by atoms with Crippen molar-refractivity contribution in [3.8, 4) is 0 Å². The van der Waals surface area contributed by atoms with Gasteiger partial charge >= 0.3 is 0 Å². The van der Waals surface area contributed by atoms with Crippen LogP contribution in [0, 0.1) is 5.92 Å². The molecular formula is C21H25N3O4S. The Hall–Kier alpha value is -2.71. The standard InChI is InChI=1S/C21H25N3O4S/c1-22-20(25)14-16-8-5-6-12-19(16)23-21(26)17-9-7-13-24(15-17)29(27,28)18-10-3-2-4-11-18/h2-6,8,10-12,17H,7,9,13-15H2,1H3,(H,22,25)(H,23,26). The predicted molar refractivity (Wildman–Crippen MR) is 111 cm³/mol. The van der Waals surface area contributed by atoms with Gasteiger partial charge in [-0.05, 0) is 36.6 Å². The molecule has 2 N–H and O–H groups in total. The highest BCUT2D eigenvalue weighted by atomic mass is 32.2. The van der Waals surface area contributed by atoms with E-state index in [1.807, 2.05) is 6.07 Å². The monoisotopic (exact) mass is 415 g/mol. The zero-order valence-electron chi connectivity index (χ0n) is 16.3. The van der Waals surface area contributed by atoms with Crippen molar-refractivity contribution in [2.75, 3.05) is 25.5 Å². The summed E-state index contributed by atoms with van der Waals surface area (Å²) in [6.07, 6.45) is 1.39. The third-order valence-corrected chi connectivity index (χ3v) is 6.92. The Morgan fingerprint density at radius 2 is 1.76 bits per heavy atom. The van der Waals surface area contributed by atoms with Crippen molar-refractivity contribution >= 4 is 27.5 Å². The molecule has 8 heteroatoms. The molecule has 3 rings (SSSR count). The number of anilines is 1. The second-order valence-electron chi connectivity index (χ2n) is 7.01. The van der Waals surface area contributed by atoms with E-state index in [1.165, 1.54) is 4.31 Å². The number of carbonyl (C=O) groups is 2. The maximum Gasteiger partial charge on any atom is 0.243 e. The lowest BCUT2D eigenvalue weighted by Gasteiger charge is -2.31. The van der Waals surface area contributed by atoms with E-state index in [9.17, 15) is 18.0 Å². The molecule has 0 aromatic heterocycles. The predicted octanol–water partition coefficient (Wildman–Crippen LogP) is 2.01. The number of hydrogen-bond acceptors (Lipinski definition) is 4. The van der Waals surface area contributed by atoms with Gasteiger partial charge < -0.3 is 10.6 Å². The number of para-hydroxylation sites is 1. The van der Waals surface area contributed by atoms with Gasteiger partial charge in [-0.2, -0.15) is 4.31 Å². The number of piperidine rings is 1. The molecule has 0 aliphatic carbocycles. The van der Waals surface area contributed by atoms with E-state index < -0.39 is 15.9 Å². The number of likely N-dealkylation sites (N-methyl/N-ethyl adjacent to an activating group) is 1. The average molecular weight is 416 g/mol. The van der Waals surface area contributed by atoms with Gasteiger partial charge in [0.05, 0.1) is 17.2 Å². The van der Waals surface area contributed by atoms with Crippen molar-refractivity contribution in [3.05, 3.63) is 60.2 Å². The Labute approximate surface area is 171 Å². The van der Waals surface area contributed by atoms with Crippen LogP contribution in [0.2, 0.25) is 0 Å². The average Bonchev–Trinajstić information content (AvgIpc) is 2.75. The summed E-state index contributed by atoms with van der Waals surface area (Å²) < 4.78 is 27.1. The SMILES string of the molecule is CNC(=O)Cc1ccccc1NC(=O)C1CCCN(S(=O)(=O)c2ccccc2)C1. The zero-order valence-corrected chi connectivity index (χ0v) is 17.1. The summed E-state index contributed by atoms with van der Waals surface area (Å²) in [6, 6.07) is 15.4. The molecule has 1 aliphatic heterocycles. The fourth-order valence-corrected chi connectivity index (χ4v) is 4.95. The normalized spacial score (nSPS) is 17.5. The van der Waals surface area contributed by atoms with Crippen LogP contribution in [0.5, 0.6) is 0 Å². The summed E-state index contributed by atoms with van der Waals surface area (Å²) in [6.45, 7) is 0.537. The Kier molecular flexibility index (Phi) is 6.66. The Morgan fingerprint density at radius 1 is 1.07 bits per heavy atom. The summed E-state index contributed by atoms with van der Waals surface area (Å²) >= 11 is 0. The molecule has 1 fully saturated rings. The third-order valence-electron chi connectivity index (χ3n) is 5.04. The molecule has 2 aromatic rings. The van der Waals surface area contributed by atoms with Gasteiger partial charge in [0.1, 0.15) is 0 Å². The largest absolute Gasteiger partial charge is 0.359 e. The number of nitrogens with zero attached hydrogens (tertiary/aromatic N) is 1. The first kappa shape index (κ1) is 21.0. The molecule has 154 valence electrons. The van der Waals surface area contributed by atoms with E-state index in [4.69, 9.17) is 0 Å². The van der Waals surface area contributed by atoms with Gasteiger partial charge in [-0.3, -0.25) is 9.59 Å². The number of hydrogen-bond donors (Lipinski definition) is 2. The lowest BCUT2D eigenvalue weighted by molar-refractivity contribution is -0.121. The summed E-state index contributed by atoms with van der Waals surface area (Å²) in [5.74, 6) is -0.831. The fraction of sp³-hybridized carbons (Fsp3) is 0.333. The van der Waals surface area contributed by atoms with Crippen molar-refractivity contribution in [3.63, 3.8) is 0 Å². The van der Waals surface area contributed by atoms with E-state index in [2.05, 4.69) is 10.6 Å². The van der Waals surface area contributed by atoms with E-state index in [0.717, 1.165) is 0 Å². The molecule has 2 amide bonds. The van der Waals surface area contributed by atoms with E-state index in [1.54, 1.807) is 55.6 Å². The first-order chi connectivity index (χ1) is 13.9. The molecule has 2 aromatic carbocycles. The van der Waals surface area contributed by atoms with Gasteiger partial charge in [-0.15, -0.1) is 0 Å². The highest BCUT2D eigenvalue weighted by Crippen LogP contribution is 2.25. The Balaban J connectivity index is 1.72. The van der Waals surface area contributed by atoms with Crippen LogP contribution in [0.3, 0.4) is 0 Å². The molecule has 1 heterocycles. The van der Waals surface area contributed by atoms with Gasteiger partial charge in [-0.1, -0.05) is 36.4 Å². The maximum absolute atomic E-state index is 12.9. The summed E-state index contributed by atoms with van der Waals surface area (Å²) in [7, 11) is -2.07. The van der Waals surface area contributed by atoms with E-state index >= 15 is 0 Å². The highest BCUT2D eigenvalue weighted by molar-refractivity contribution is 7.89. The van der Waals surface area contributed by atoms with Crippen molar-refractivity contribution in [2.24, 2.45) is 5.92 Å². The number of benzene rings is 2. The lowest BCUT2D eigenvalue weighted by Crippen LogP contribution is -2.43. The molecule has 1 unspecified atom stereocenters. The van der Waals surface area contributed by atoms with Gasteiger partial charge in [0.2, 0.25) is 21.8 Å². The molecule has 1 saturated heterocycles. The molecule has 7 nitrogen and oxygen atoms in total. The second-order valence-corrected chi connectivity index (χ2v) is 8.95. The zero-order chi connectivity index (χ0) is 20.9. The molecule has 0 bridgehead atoms. The molecule has 0 radical (unpaired) electrons. The van der Waals surface area contributed by atoms with Crippen molar-refractivity contribution in [2.45, 2.75) is 24.2 Å². The van der Waals surface area contributed by atoms with Gasteiger partial charge in [0.25, 0.3) is 0 Å². The fourth-order valence-electron chi connectivity index (χ4n) is 3.41. The summed E-state index contributed by atoms with van der Waals surface area (Å²) in [5.41, 5.74) is 1.29. The first-order valence-electron chi connectivity index (χ1n) is 9.56. The molecular weight excluding hydrogens is 390 g/mol. The minimum atomic E-state index is -3.63. The number of amides is 2. The van der Waals surface area contributed by atoms with E-state index in [-0.39, 0.29) is 29.7 Å². The molecule has 1 aliphatic rings. The van der Waals surface area contributed by atoms with Crippen LogP contribution in [0.1, 0.15) is 18.4 Å². The minimum Gasteiger partial charge on any atom is -0.359 e. The third kappa shape index (κ3) is 5.02. The lowest BCUT2D eigenvalue weighted by atomic mass is 9.98. The number of rotatable bonds is 6.